The molecule has 2 aromatic rings. The molecule has 1 aromatic carbocycles. The van der Waals surface area contributed by atoms with Crippen molar-refractivity contribution in [3.05, 3.63) is 29.6 Å². The second-order valence-electron chi connectivity index (χ2n) is 7.60. The highest BCUT2D eigenvalue weighted by atomic mass is 32.2. The maximum Gasteiger partial charge on any atom is 0.237 e. The normalized spacial score (nSPS) is 15.6. The lowest BCUT2D eigenvalue weighted by molar-refractivity contribution is -0.115. The van der Waals surface area contributed by atoms with Gasteiger partial charge in [-0.2, -0.15) is 0 Å². The molecule has 0 saturated carbocycles. The molecule has 1 N–H and O–H groups in total. The summed E-state index contributed by atoms with van der Waals surface area (Å²) in [6.45, 7) is 11.4. The smallest absolute Gasteiger partial charge is 0.237 e. The fraction of sp³-hybridized carbons (Fsp3) is 0.550. The Morgan fingerprint density at radius 3 is 2.66 bits per heavy atom. The van der Waals surface area contributed by atoms with E-state index in [4.69, 9.17) is 4.74 Å². The van der Waals surface area contributed by atoms with Crippen molar-refractivity contribution < 1.29 is 13.9 Å². The molecular formula is C20H28FN5O2S. The van der Waals surface area contributed by atoms with E-state index in [1.54, 1.807) is 19.1 Å². The third kappa shape index (κ3) is 5.48. The van der Waals surface area contributed by atoms with E-state index in [1.807, 2.05) is 6.92 Å². The molecule has 0 spiro atoms. The molecule has 2 heterocycles. The van der Waals surface area contributed by atoms with E-state index in [9.17, 15) is 9.18 Å². The number of ether oxygens (including phenoxy) is 1. The van der Waals surface area contributed by atoms with E-state index in [2.05, 4.69) is 38.8 Å². The van der Waals surface area contributed by atoms with Crippen LogP contribution in [-0.4, -0.2) is 52.2 Å². The van der Waals surface area contributed by atoms with Crippen LogP contribution in [0.25, 0.3) is 0 Å². The Kier molecular flexibility index (Phi) is 7.13. The highest BCUT2D eigenvalue weighted by molar-refractivity contribution is 8.00. The molecule has 0 unspecified atom stereocenters. The Labute approximate surface area is 175 Å². The molecule has 9 heteroatoms. The van der Waals surface area contributed by atoms with Gasteiger partial charge in [0.05, 0.1) is 18.5 Å². The van der Waals surface area contributed by atoms with Gasteiger partial charge in [0.1, 0.15) is 5.82 Å². The van der Waals surface area contributed by atoms with E-state index < -0.39 is 5.25 Å². The highest BCUT2D eigenvalue weighted by Gasteiger charge is 2.24. The number of rotatable bonds is 7. The van der Waals surface area contributed by atoms with Crippen molar-refractivity contribution in [2.24, 2.45) is 5.92 Å². The van der Waals surface area contributed by atoms with E-state index in [1.165, 1.54) is 17.8 Å². The van der Waals surface area contributed by atoms with Crippen molar-refractivity contribution in [1.82, 2.24) is 14.8 Å². The fourth-order valence-corrected chi connectivity index (χ4v) is 3.87. The molecule has 1 aliphatic rings. The molecule has 0 bridgehead atoms. The van der Waals surface area contributed by atoms with E-state index in [-0.39, 0.29) is 11.7 Å². The van der Waals surface area contributed by atoms with Crippen LogP contribution in [0.3, 0.4) is 0 Å². The number of anilines is 2. The van der Waals surface area contributed by atoms with Gasteiger partial charge in [0.15, 0.2) is 5.16 Å². The first-order valence-corrected chi connectivity index (χ1v) is 10.7. The van der Waals surface area contributed by atoms with Crippen LogP contribution in [0.5, 0.6) is 0 Å². The zero-order chi connectivity index (χ0) is 21.0. The van der Waals surface area contributed by atoms with Crippen molar-refractivity contribution in [1.29, 1.82) is 0 Å². The summed E-state index contributed by atoms with van der Waals surface area (Å²) in [5, 5.41) is 11.8. The summed E-state index contributed by atoms with van der Waals surface area (Å²) in [4.78, 5) is 14.8. The van der Waals surface area contributed by atoms with Gasteiger partial charge in [0, 0.05) is 25.3 Å². The second-order valence-corrected chi connectivity index (χ2v) is 8.91. The Balaban J connectivity index is 1.72. The number of thioether (sulfide) groups is 1. The molecule has 1 aliphatic heterocycles. The standard InChI is InChI=1S/C20H28FN5O2S/c1-13(2)12-26-19(25-7-9-28-10-8-25)23-24-20(26)29-15(4)18(27)22-16-6-5-14(3)17(21)11-16/h5-6,11,13,15H,7-10,12H2,1-4H3,(H,22,27)/t15-/m1/s1. The van der Waals surface area contributed by atoms with Gasteiger partial charge in [-0.3, -0.25) is 9.36 Å². The van der Waals surface area contributed by atoms with Gasteiger partial charge in [-0.25, -0.2) is 4.39 Å². The number of hydrogen-bond donors (Lipinski definition) is 1. The molecule has 1 aromatic heterocycles. The van der Waals surface area contributed by atoms with Crippen molar-refractivity contribution >= 4 is 29.3 Å². The molecule has 0 aliphatic carbocycles. The first-order chi connectivity index (χ1) is 13.8. The van der Waals surface area contributed by atoms with Gasteiger partial charge >= 0.3 is 0 Å². The van der Waals surface area contributed by atoms with E-state index in [0.717, 1.165) is 25.6 Å². The summed E-state index contributed by atoms with van der Waals surface area (Å²) in [5.41, 5.74) is 0.992. The van der Waals surface area contributed by atoms with Gasteiger partial charge in [0.25, 0.3) is 0 Å². The number of aryl methyl sites for hydroxylation is 1. The molecule has 1 amide bonds. The molecule has 1 atom stereocenters. The first kappa shape index (κ1) is 21.6. The zero-order valence-corrected chi connectivity index (χ0v) is 18.1. The lowest BCUT2D eigenvalue weighted by atomic mass is 10.2. The molecule has 1 fully saturated rings. The highest BCUT2D eigenvalue weighted by Crippen LogP contribution is 2.28. The van der Waals surface area contributed by atoms with Gasteiger partial charge in [0.2, 0.25) is 11.9 Å². The second kappa shape index (κ2) is 9.58. The van der Waals surface area contributed by atoms with Crippen molar-refractivity contribution in [3.63, 3.8) is 0 Å². The van der Waals surface area contributed by atoms with Crippen molar-refractivity contribution in [2.75, 3.05) is 36.5 Å². The maximum absolute atomic E-state index is 13.7. The van der Waals surface area contributed by atoms with Crippen LogP contribution in [0.1, 0.15) is 26.3 Å². The first-order valence-electron chi connectivity index (χ1n) is 9.84. The summed E-state index contributed by atoms with van der Waals surface area (Å²) in [6.07, 6.45) is 0. The Morgan fingerprint density at radius 1 is 1.28 bits per heavy atom. The molecule has 1 saturated heterocycles. The van der Waals surface area contributed by atoms with Crippen LogP contribution in [0.4, 0.5) is 16.0 Å². The number of carbonyl (C=O) groups excluding carboxylic acids is 1. The quantitative estimate of drug-likeness (QED) is 0.692. The summed E-state index contributed by atoms with van der Waals surface area (Å²) < 4.78 is 21.3. The number of hydrogen-bond acceptors (Lipinski definition) is 6. The van der Waals surface area contributed by atoms with Crippen LogP contribution in [-0.2, 0) is 16.1 Å². The lowest BCUT2D eigenvalue weighted by Crippen LogP contribution is -2.38. The summed E-state index contributed by atoms with van der Waals surface area (Å²) in [7, 11) is 0. The molecule has 7 nitrogen and oxygen atoms in total. The number of carbonyl (C=O) groups is 1. The number of aromatic nitrogens is 3. The predicted octanol–water partition coefficient (Wildman–Crippen LogP) is 3.34. The lowest BCUT2D eigenvalue weighted by Gasteiger charge is -2.28. The molecule has 3 rings (SSSR count). The molecule has 0 radical (unpaired) electrons. The maximum atomic E-state index is 13.7. The number of nitrogens with one attached hydrogen (secondary N) is 1. The Hall–Kier alpha value is -2.13. The third-order valence-electron chi connectivity index (χ3n) is 4.63. The van der Waals surface area contributed by atoms with E-state index in [0.29, 0.717) is 35.5 Å². The summed E-state index contributed by atoms with van der Waals surface area (Å²) in [6, 6.07) is 4.69. The minimum Gasteiger partial charge on any atom is -0.378 e. The van der Waals surface area contributed by atoms with Crippen LogP contribution >= 0.6 is 11.8 Å². The SMILES string of the molecule is Cc1ccc(NC(=O)[C@@H](C)Sc2nnc(N3CCOCC3)n2CC(C)C)cc1F. The van der Waals surface area contributed by atoms with Gasteiger partial charge in [-0.1, -0.05) is 31.7 Å². The number of nitrogens with zero attached hydrogens (tertiary/aromatic N) is 4. The van der Waals surface area contributed by atoms with Crippen LogP contribution in [0.2, 0.25) is 0 Å². The van der Waals surface area contributed by atoms with Crippen molar-refractivity contribution in [2.45, 2.75) is 44.6 Å². The topological polar surface area (TPSA) is 72.3 Å². The van der Waals surface area contributed by atoms with Crippen LogP contribution < -0.4 is 10.2 Å². The average molecular weight is 422 g/mol. The molecular weight excluding hydrogens is 393 g/mol. The van der Waals surface area contributed by atoms with Crippen molar-refractivity contribution in [3.8, 4) is 0 Å². The third-order valence-corrected chi connectivity index (χ3v) is 5.71. The monoisotopic (exact) mass is 421 g/mol. The Bertz CT molecular complexity index is 851. The summed E-state index contributed by atoms with van der Waals surface area (Å²) >= 11 is 1.36. The van der Waals surface area contributed by atoms with Gasteiger partial charge in [-0.05, 0) is 37.5 Å². The predicted molar refractivity (Wildman–Crippen MR) is 113 cm³/mol. The van der Waals surface area contributed by atoms with E-state index >= 15 is 0 Å². The minimum absolute atomic E-state index is 0.203. The zero-order valence-electron chi connectivity index (χ0n) is 17.3. The van der Waals surface area contributed by atoms with Gasteiger partial charge < -0.3 is 15.0 Å². The molecule has 158 valence electrons. The fourth-order valence-electron chi connectivity index (χ4n) is 3.02. The number of benzene rings is 1. The van der Waals surface area contributed by atoms with Gasteiger partial charge in [-0.15, -0.1) is 10.2 Å². The minimum atomic E-state index is -0.410. The average Bonchev–Trinajstić information content (AvgIpc) is 3.07. The Morgan fingerprint density at radius 2 is 2.00 bits per heavy atom. The largest absolute Gasteiger partial charge is 0.378 e. The number of amides is 1. The number of morpholine rings is 1. The number of halogens is 1. The summed E-state index contributed by atoms with van der Waals surface area (Å²) in [5.74, 6) is 0.683. The van der Waals surface area contributed by atoms with Crippen LogP contribution in [0, 0.1) is 18.7 Å². The molecule has 29 heavy (non-hydrogen) atoms. The van der Waals surface area contributed by atoms with Crippen LogP contribution in [0.15, 0.2) is 23.4 Å².